The van der Waals surface area contributed by atoms with Crippen LogP contribution in [0.1, 0.15) is 28.8 Å². The lowest BCUT2D eigenvalue weighted by atomic mass is 10.1. The minimum Gasteiger partial charge on any atom is -0.480 e. The van der Waals surface area contributed by atoms with Gasteiger partial charge in [-0.1, -0.05) is 17.7 Å². The van der Waals surface area contributed by atoms with Gasteiger partial charge in [0, 0.05) is 5.56 Å². The molecule has 1 aliphatic carbocycles. The molecule has 1 aromatic rings. The number of aliphatic carboxylic acids is 1. The Morgan fingerprint density at radius 1 is 1.25 bits per heavy atom. The molecule has 0 spiro atoms. The van der Waals surface area contributed by atoms with Crippen LogP contribution >= 0.6 is 0 Å². The SMILES string of the molecule is Cc1ccc(C(=O)NC2(C(=O)O)CC2)cc1. The molecule has 1 aliphatic rings. The fraction of sp³-hybridized carbons (Fsp3) is 0.333. The Kier molecular flexibility index (Phi) is 2.42. The van der Waals surface area contributed by atoms with E-state index in [0.29, 0.717) is 18.4 Å². The maximum atomic E-state index is 11.7. The first kappa shape index (κ1) is 10.7. The molecule has 0 aliphatic heterocycles. The van der Waals surface area contributed by atoms with Gasteiger partial charge in [-0.05, 0) is 31.9 Å². The lowest BCUT2D eigenvalue weighted by Gasteiger charge is -2.12. The normalized spacial score (nSPS) is 16.6. The molecule has 16 heavy (non-hydrogen) atoms. The third-order valence-electron chi connectivity index (χ3n) is 2.83. The number of carboxylic acids is 1. The van der Waals surface area contributed by atoms with Crippen molar-refractivity contribution in [2.24, 2.45) is 0 Å². The highest BCUT2D eigenvalue weighted by Gasteiger charge is 2.51. The lowest BCUT2D eigenvalue weighted by molar-refractivity contribution is -0.140. The maximum absolute atomic E-state index is 11.7. The van der Waals surface area contributed by atoms with E-state index >= 15 is 0 Å². The number of carbonyl (C=O) groups excluding carboxylic acids is 1. The van der Waals surface area contributed by atoms with Gasteiger partial charge in [0.15, 0.2) is 0 Å². The van der Waals surface area contributed by atoms with Crippen LogP contribution in [0, 0.1) is 6.92 Å². The number of amides is 1. The summed E-state index contributed by atoms with van der Waals surface area (Å²) in [6.07, 6.45) is 1.03. The molecule has 2 N–H and O–H groups in total. The van der Waals surface area contributed by atoms with Gasteiger partial charge in [-0.2, -0.15) is 0 Å². The highest BCUT2D eigenvalue weighted by atomic mass is 16.4. The van der Waals surface area contributed by atoms with Crippen molar-refractivity contribution in [3.8, 4) is 0 Å². The number of carbonyl (C=O) groups is 2. The molecule has 4 heteroatoms. The van der Waals surface area contributed by atoms with Gasteiger partial charge in [0.25, 0.3) is 5.91 Å². The van der Waals surface area contributed by atoms with E-state index in [1.165, 1.54) is 0 Å². The largest absolute Gasteiger partial charge is 0.480 e. The quantitative estimate of drug-likeness (QED) is 0.806. The zero-order valence-electron chi connectivity index (χ0n) is 8.99. The van der Waals surface area contributed by atoms with E-state index in [4.69, 9.17) is 5.11 Å². The Bertz CT molecular complexity index is 432. The van der Waals surface area contributed by atoms with Crippen LogP contribution in [0.25, 0.3) is 0 Å². The van der Waals surface area contributed by atoms with Crippen molar-refractivity contribution in [3.05, 3.63) is 35.4 Å². The van der Waals surface area contributed by atoms with Crippen LogP contribution < -0.4 is 5.32 Å². The van der Waals surface area contributed by atoms with E-state index in [-0.39, 0.29) is 5.91 Å². The third kappa shape index (κ3) is 1.91. The smallest absolute Gasteiger partial charge is 0.329 e. The molecule has 0 radical (unpaired) electrons. The molecule has 0 heterocycles. The van der Waals surface area contributed by atoms with Crippen molar-refractivity contribution in [2.45, 2.75) is 25.3 Å². The number of hydrogen-bond donors (Lipinski definition) is 2. The van der Waals surface area contributed by atoms with E-state index in [1.807, 2.05) is 19.1 Å². The second kappa shape index (κ2) is 3.63. The molecule has 0 saturated heterocycles. The van der Waals surface area contributed by atoms with E-state index in [9.17, 15) is 9.59 Å². The minimum absolute atomic E-state index is 0.320. The minimum atomic E-state index is -1.01. The highest BCUT2D eigenvalue weighted by Crippen LogP contribution is 2.35. The van der Waals surface area contributed by atoms with Crippen LogP contribution in [-0.4, -0.2) is 22.5 Å². The number of rotatable bonds is 3. The Labute approximate surface area is 93.3 Å². The van der Waals surface area contributed by atoms with Crippen molar-refractivity contribution in [1.82, 2.24) is 5.32 Å². The van der Waals surface area contributed by atoms with Gasteiger partial charge < -0.3 is 10.4 Å². The highest BCUT2D eigenvalue weighted by molar-refractivity contribution is 5.98. The summed E-state index contributed by atoms with van der Waals surface area (Å²) in [7, 11) is 0. The Hall–Kier alpha value is -1.84. The fourth-order valence-corrected chi connectivity index (χ4v) is 1.51. The topological polar surface area (TPSA) is 66.4 Å². The van der Waals surface area contributed by atoms with Crippen molar-refractivity contribution in [3.63, 3.8) is 0 Å². The summed E-state index contributed by atoms with van der Waals surface area (Å²) >= 11 is 0. The zero-order chi connectivity index (χ0) is 11.8. The standard InChI is InChI=1S/C12H13NO3/c1-8-2-4-9(5-3-8)10(14)13-12(6-7-12)11(15)16/h2-5H,6-7H2,1H3,(H,13,14)(H,15,16). The average molecular weight is 219 g/mol. The second-order valence-corrected chi connectivity index (χ2v) is 4.21. The Morgan fingerprint density at radius 2 is 1.81 bits per heavy atom. The summed E-state index contributed by atoms with van der Waals surface area (Å²) in [6.45, 7) is 1.93. The molecule has 1 fully saturated rings. The zero-order valence-corrected chi connectivity index (χ0v) is 8.99. The van der Waals surface area contributed by atoms with E-state index < -0.39 is 11.5 Å². The van der Waals surface area contributed by atoms with Crippen LogP contribution in [-0.2, 0) is 4.79 Å². The van der Waals surface area contributed by atoms with Crippen molar-refractivity contribution < 1.29 is 14.7 Å². The molecule has 1 amide bonds. The first-order valence-corrected chi connectivity index (χ1v) is 5.16. The number of aryl methyl sites for hydroxylation is 1. The average Bonchev–Trinajstić information content (AvgIpc) is 3.00. The molecule has 4 nitrogen and oxygen atoms in total. The lowest BCUT2D eigenvalue weighted by Crippen LogP contribution is -2.43. The molecule has 0 unspecified atom stereocenters. The summed E-state index contributed by atoms with van der Waals surface area (Å²) in [5, 5.41) is 11.5. The summed E-state index contributed by atoms with van der Waals surface area (Å²) < 4.78 is 0. The van der Waals surface area contributed by atoms with Gasteiger partial charge in [0.1, 0.15) is 5.54 Å². The number of hydrogen-bond acceptors (Lipinski definition) is 2. The molecular formula is C12H13NO3. The molecule has 0 atom stereocenters. The summed E-state index contributed by atoms with van der Waals surface area (Å²) in [4.78, 5) is 22.6. The van der Waals surface area contributed by atoms with Gasteiger partial charge >= 0.3 is 5.97 Å². The van der Waals surface area contributed by atoms with Gasteiger partial charge in [-0.15, -0.1) is 0 Å². The van der Waals surface area contributed by atoms with Crippen LogP contribution in [0.4, 0.5) is 0 Å². The van der Waals surface area contributed by atoms with Crippen molar-refractivity contribution in [1.29, 1.82) is 0 Å². The third-order valence-corrected chi connectivity index (χ3v) is 2.83. The van der Waals surface area contributed by atoms with Gasteiger partial charge in [0.2, 0.25) is 0 Å². The van der Waals surface area contributed by atoms with Crippen LogP contribution in [0.3, 0.4) is 0 Å². The Morgan fingerprint density at radius 3 is 2.25 bits per heavy atom. The number of benzene rings is 1. The first-order valence-electron chi connectivity index (χ1n) is 5.16. The van der Waals surface area contributed by atoms with E-state index in [0.717, 1.165) is 5.56 Å². The van der Waals surface area contributed by atoms with Crippen LogP contribution in [0.2, 0.25) is 0 Å². The summed E-state index contributed by atoms with van der Waals surface area (Å²) in [6, 6.07) is 7.05. The maximum Gasteiger partial charge on any atom is 0.329 e. The second-order valence-electron chi connectivity index (χ2n) is 4.21. The molecule has 84 valence electrons. The molecule has 1 aromatic carbocycles. The van der Waals surface area contributed by atoms with E-state index in [1.54, 1.807) is 12.1 Å². The van der Waals surface area contributed by atoms with E-state index in [2.05, 4.69) is 5.32 Å². The van der Waals surface area contributed by atoms with Gasteiger partial charge in [-0.25, -0.2) is 4.79 Å². The van der Waals surface area contributed by atoms with Gasteiger partial charge in [-0.3, -0.25) is 4.79 Å². The Balaban J connectivity index is 2.09. The van der Waals surface area contributed by atoms with Gasteiger partial charge in [0.05, 0.1) is 0 Å². The molecule has 2 rings (SSSR count). The predicted octanol–water partition coefficient (Wildman–Crippen LogP) is 1.34. The van der Waals surface area contributed by atoms with Crippen LogP contribution in [0.15, 0.2) is 24.3 Å². The monoisotopic (exact) mass is 219 g/mol. The summed E-state index contributed by atoms with van der Waals surface area (Å²) in [5.74, 6) is -1.27. The van der Waals surface area contributed by atoms with Crippen molar-refractivity contribution >= 4 is 11.9 Å². The number of carboxylic acid groups (broad SMARTS) is 1. The molecular weight excluding hydrogens is 206 g/mol. The fourth-order valence-electron chi connectivity index (χ4n) is 1.51. The predicted molar refractivity (Wildman–Crippen MR) is 58.2 cm³/mol. The first-order chi connectivity index (χ1) is 7.53. The van der Waals surface area contributed by atoms with Crippen molar-refractivity contribution in [2.75, 3.05) is 0 Å². The summed E-state index contributed by atoms with van der Waals surface area (Å²) in [5.41, 5.74) is 0.552. The van der Waals surface area contributed by atoms with Crippen LogP contribution in [0.5, 0.6) is 0 Å². The molecule has 0 aromatic heterocycles. The molecule has 1 saturated carbocycles. The number of nitrogens with one attached hydrogen (secondary N) is 1. The molecule has 0 bridgehead atoms.